The highest BCUT2D eigenvalue weighted by Gasteiger charge is 2.56. The van der Waals surface area contributed by atoms with Gasteiger partial charge < -0.3 is 55.1 Å². The van der Waals surface area contributed by atoms with Gasteiger partial charge in [-0.2, -0.15) is 5.10 Å². The molecule has 7 heterocycles. The number of amides is 1. The quantitative estimate of drug-likeness (QED) is 0.0500. The number of rotatable bonds is 8. The van der Waals surface area contributed by atoms with E-state index in [4.69, 9.17) is 19.3 Å². The number of aliphatic hydroxyl groups excluding tert-OH is 3. The van der Waals surface area contributed by atoms with Gasteiger partial charge in [0.1, 0.15) is 17.2 Å². The molecular formula is C63H81FN6O12. The van der Waals surface area contributed by atoms with E-state index in [1.807, 2.05) is 18.0 Å². The van der Waals surface area contributed by atoms with Gasteiger partial charge in [0.25, 0.3) is 17.2 Å². The van der Waals surface area contributed by atoms with E-state index in [-0.39, 0.29) is 67.4 Å². The number of halogens is 1. The number of benzene rings is 2. The summed E-state index contributed by atoms with van der Waals surface area (Å²) in [6, 6.07) is 2.21. The largest absolute Gasteiger partial charge is 0.507 e. The maximum Gasteiger partial charge on any atom is 0.312 e. The number of hydrazone groups is 1. The molecular weight excluding hydrogens is 1050 g/mol. The second kappa shape index (κ2) is 22.2. The molecule has 442 valence electrons. The molecule has 2 aromatic heterocycles. The number of pyridine rings is 2. The van der Waals surface area contributed by atoms with Gasteiger partial charge in [0.05, 0.1) is 76.5 Å². The fourth-order valence-electron chi connectivity index (χ4n) is 13.8. The van der Waals surface area contributed by atoms with E-state index in [9.17, 15) is 45.0 Å². The summed E-state index contributed by atoms with van der Waals surface area (Å²) in [5, 5.41) is 79.7. The van der Waals surface area contributed by atoms with Gasteiger partial charge in [0.15, 0.2) is 11.6 Å². The van der Waals surface area contributed by atoms with Crippen LogP contribution in [-0.2, 0) is 14.3 Å². The second-order valence-electron chi connectivity index (χ2n) is 24.6. The van der Waals surface area contributed by atoms with Crippen LogP contribution in [0, 0.1) is 56.2 Å². The highest BCUT2D eigenvalue weighted by molar-refractivity contribution is 6.24. The highest BCUT2D eigenvalue weighted by atomic mass is 19.1. The average Bonchev–Trinajstić information content (AvgIpc) is 1.96. The van der Waals surface area contributed by atoms with E-state index in [0.29, 0.717) is 49.3 Å². The smallest absolute Gasteiger partial charge is 0.312 e. The van der Waals surface area contributed by atoms with Gasteiger partial charge in [-0.25, -0.2) is 4.39 Å². The van der Waals surface area contributed by atoms with E-state index in [0.717, 1.165) is 61.6 Å². The number of anilines is 2. The number of aryl methyl sites for hydroxylation is 2. The normalized spacial score (nSPS) is 30.8. The van der Waals surface area contributed by atoms with Crippen molar-refractivity contribution < 1.29 is 58.8 Å². The van der Waals surface area contributed by atoms with Gasteiger partial charge in [-0.15, -0.1) is 0 Å². The summed E-state index contributed by atoms with van der Waals surface area (Å²) in [5.74, 6) is -7.58. The number of piperidine rings is 1. The first-order valence-corrected chi connectivity index (χ1v) is 29.1. The van der Waals surface area contributed by atoms with Gasteiger partial charge in [0, 0.05) is 97.6 Å². The van der Waals surface area contributed by atoms with E-state index >= 15 is 4.39 Å². The summed E-state index contributed by atoms with van der Waals surface area (Å²) in [4.78, 5) is 46.8. The monoisotopic (exact) mass is 1130 g/mol. The first kappa shape index (κ1) is 58.7. The molecule has 2 saturated heterocycles. The van der Waals surface area contributed by atoms with Crippen LogP contribution < -0.4 is 20.5 Å². The number of allylic oxidation sites excluding steroid dienone is 2. The number of ether oxygens (including phenoxy) is 3. The first-order valence-electron chi connectivity index (χ1n) is 29.1. The van der Waals surface area contributed by atoms with Crippen molar-refractivity contribution in [2.75, 3.05) is 50.6 Å². The average molecular weight is 1130 g/mol. The third-order valence-electron chi connectivity index (χ3n) is 19.5. The van der Waals surface area contributed by atoms with Crippen molar-refractivity contribution in [1.82, 2.24) is 14.3 Å². The van der Waals surface area contributed by atoms with Crippen LogP contribution in [0.1, 0.15) is 131 Å². The highest BCUT2D eigenvalue weighted by Crippen LogP contribution is 2.56. The molecule has 10 atom stereocenters. The molecule has 18 nitrogen and oxygen atoms in total. The predicted octanol–water partition coefficient (Wildman–Crippen LogP) is 8.22. The minimum absolute atomic E-state index is 0.0478. The molecule has 2 aromatic carbocycles. The molecule has 0 spiro atoms. The van der Waals surface area contributed by atoms with Crippen LogP contribution >= 0.6 is 0 Å². The predicted molar refractivity (Wildman–Crippen MR) is 312 cm³/mol. The SMILES string of the molecule is CO[C@H]1/C=C/O[C@@]2(C)Oc3c(C)c(O)c4c(O)c(c(/C=N\N5CCC(N(C)C6([C@@H]7CCN(c8c(F)cn9c(=O)c(C)cc(C%10CC%10)c9c8C)C7)CC6)CC5)c(O)c4c3C2=O)NC(=O)/C(C)=C\C=C\[C@H](C)[C@H](O)[C@@H](C)[C@@H](O)[C@@H](C)[C@H](O)[C@@H]1C. The van der Waals surface area contributed by atoms with Crippen molar-refractivity contribution in [1.29, 1.82) is 0 Å². The standard InChI is InChI=1S/C63H81FN6O12/c1-31-13-12-14-32(2)60(78)66-49-43(56(75)46-47(57(49)76)55(74)38(8)58-48(46)59(77)62(9,82-58)81-26-20-45(80-11)34(4)53(72)37(7)54(73)36(6)52(31)71)28-65-69-24-18-41(19-25-69)67(10)63(21-22-63)40-17-23-68(29-40)51-35(5)50-42(39-15-16-39)27-33(3)61(79)70(50)30-44(51)64/h12-14,20,26-28,30-31,34,36-37,39-41,45,52-54,71-76H,15-19,21-25,29H2,1-11H3,(H,66,78)/b13-12+,26-20+,32-14-,65-28-/t31-,34+,36+,37-,40+,45-,52-,53+,54+,62-/m0/s1. The summed E-state index contributed by atoms with van der Waals surface area (Å²) < 4.78 is 35.7. The number of aliphatic hydroxyl groups is 3. The van der Waals surface area contributed by atoms with Gasteiger partial charge in [-0.3, -0.25) is 28.7 Å². The zero-order valence-corrected chi connectivity index (χ0v) is 49.0. The fourth-order valence-corrected chi connectivity index (χ4v) is 13.8. The Hall–Kier alpha value is -6.51. The van der Waals surface area contributed by atoms with Crippen molar-refractivity contribution in [3.05, 3.63) is 98.0 Å². The van der Waals surface area contributed by atoms with Crippen LogP contribution in [0.5, 0.6) is 23.0 Å². The first-order chi connectivity index (χ1) is 38.8. The lowest BCUT2D eigenvalue weighted by Crippen LogP contribution is -2.50. The molecule has 5 bridgehead atoms. The number of fused-ring (bicyclic) bond motifs is 15. The minimum atomic E-state index is -2.06. The molecule has 19 heteroatoms. The Balaban J connectivity index is 0.929. The minimum Gasteiger partial charge on any atom is -0.507 e. The Morgan fingerprint density at radius 3 is 2.18 bits per heavy atom. The number of hydrogen-bond acceptors (Lipinski definition) is 16. The molecule has 2 saturated carbocycles. The number of phenols is 3. The molecule has 4 fully saturated rings. The summed E-state index contributed by atoms with van der Waals surface area (Å²) in [5.41, 5.74) is 3.35. The number of nitrogens with zero attached hydrogens (tertiary/aromatic N) is 5. The Kier molecular flexibility index (Phi) is 15.9. The molecule has 1 amide bonds. The molecule has 7 aliphatic rings. The Morgan fingerprint density at radius 1 is 0.854 bits per heavy atom. The number of aromatic hydroxyl groups is 3. The molecule has 0 unspecified atom stereocenters. The topological polar surface area (TPSA) is 239 Å². The Labute approximate surface area is 478 Å². The number of methoxy groups -OCH3 is 1. The van der Waals surface area contributed by atoms with Gasteiger partial charge >= 0.3 is 5.79 Å². The van der Waals surface area contributed by atoms with Crippen LogP contribution in [0.3, 0.4) is 0 Å². The number of hydrogen-bond donors (Lipinski definition) is 7. The van der Waals surface area contributed by atoms with Gasteiger partial charge in [-0.05, 0) is 115 Å². The van der Waals surface area contributed by atoms with E-state index in [2.05, 4.69) is 22.2 Å². The van der Waals surface area contributed by atoms with Crippen LogP contribution in [0.4, 0.5) is 15.8 Å². The molecule has 4 aromatic rings. The fraction of sp³-hybridized carbons (Fsp3) is 0.556. The maximum absolute atomic E-state index is 16.2. The van der Waals surface area contributed by atoms with Crippen molar-refractivity contribution in [3.63, 3.8) is 0 Å². The zero-order chi connectivity index (χ0) is 59.2. The summed E-state index contributed by atoms with van der Waals surface area (Å²) in [6.45, 7) is 17.5. The maximum atomic E-state index is 16.2. The van der Waals surface area contributed by atoms with Crippen molar-refractivity contribution in [2.45, 2.75) is 155 Å². The number of ketones is 1. The third kappa shape index (κ3) is 10.1. The Bertz CT molecular complexity index is 3390. The van der Waals surface area contributed by atoms with Crippen LogP contribution in [0.15, 0.2) is 58.3 Å². The second-order valence-corrected chi connectivity index (χ2v) is 24.6. The number of nitrogens with one attached hydrogen (secondary N) is 1. The van der Waals surface area contributed by atoms with Crippen molar-refractivity contribution in [3.8, 4) is 23.0 Å². The van der Waals surface area contributed by atoms with Gasteiger partial charge in [-0.1, -0.05) is 45.9 Å². The number of phenolic OH excluding ortho intramolecular Hbond substituents is 3. The van der Waals surface area contributed by atoms with Crippen LogP contribution in [0.25, 0.3) is 16.3 Å². The number of carbonyl (C=O) groups excluding carboxylic acids is 2. The van der Waals surface area contributed by atoms with E-state index < -0.39 is 82.8 Å². The van der Waals surface area contributed by atoms with Crippen molar-refractivity contribution >= 4 is 45.6 Å². The molecule has 11 rings (SSSR count). The lowest BCUT2D eigenvalue weighted by molar-refractivity contribution is -0.112. The molecule has 7 N–H and O–H groups in total. The zero-order valence-electron chi connectivity index (χ0n) is 49.0. The van der Waals surface area contributed by atoms with E-state index in [1.165, 1.54) is 63.1 Å². The molecule has 2 aliphatic carbocycles. The lowest BCUT2D eigenvalue weighted by atomic mass is 9.78. The Morgan fingerprint density at radius 2 is 1.52 bits per heavy atom. The molecule has 0 radical (unpaired) electrons. The lowest BCUT2D eigenvalue weighted by Gasteiger charge is -2.42. The number of aromatic nitrogens is 1. The number of carbonyl (C=O) groups is 2. The number of Topliss-reactive ketones (excluding diaryl/α,β-unsaturated/α-hetero) is 1. The van der Waals surface area contributed by atoms with E-state index in [1.54, 1.807) is 46.8 Å². The van der Waals surface area contributed by atoms with Crippen LogP contribution in [-0.4, -0.2) is 145 Å². The molecule has 5 aliphatic heterocycles. The summed E-state index contributed by atoms with van der Waals surface area (Å²) >= 11 is 0. The summed E-state index contributed by atoms with van der Waals surface area (Å²) in [7, 11) is 3.63. The third-order valence-corrected chi connectivity index (χ3v) is 19.5. The van der Waals surface area contributed by atoms with Crippen molar-refractivity contribution in [2.24, 2.45) is 34.7 Å². The van der Waals surface area contributed by atoms with Crippen LogP contribution in [0.2, 0.25) is 0 Å². The summed E-state index contributed by atoms with van der Waals surface area (Å²) in [6.07, 6.45) is 12.7. The van der Waals surface area contributed by atoms with Gasteiger partial charge in [0.2, 0.25) is 0 Å². The molecule has 82 heavy (non-hydrogen) atoms.